The molecule has 0 fully saturated rings. The molecule has 2 rings (SSSR count). The predicted molar refractivity (Wildman–Crippen MR) is 78.8 cm³/mol. The molecule has 0 atom stereocenters. The van der Waals surface area contributed by atoms with E-state index in [0.717, 1.165) is 0 Å². The Labute approximate surface area is 121 Å². The van der Waals surface area contributed by atoms with Crippen LogP contribution in [0.5, 0.6) is 0 Å². The Balaban J connectivity index is 2.85. The van der Waals surface area contributed by atoms with Gasteiger partial charge in [0.15, 0.2) is 17.3 Å². The van der Waals surface area contributed by atoms with Crippen LogP contribution in [0.1, 0.15) is 43.1 Å². The number of fused-ring (bicyclic) bond motifs is 1. The first-order chi connectivity index (χ1) is 9.73. The lowest BCUT2D eigenvalue weighted by Gasteiger charge is -2.11. The van der Waals surface area contributed by atoms with Crippen molar-refractivity contribution in [1.82, 2.24) is 19.5 Å². The number of imidazole rings is 1. The van der Waals surface area contributed by atoms with Gasteiger partial charge in [-0.05, 0) is 0 Å². The first-order valence-electron chi connectivity index (χ1n) is 6.63. The zero-order valence-corrected chi connectivity index (χ0v) is 12.4. The smallest absolute Gasteiger partial charge is 0.235 e. The van der Waals surface area contributed by atoms with Crippen molar-refractivity contribution < 1.29 is 9.59 Å². The Hall–Kier alpha value is -2.51. The fraction of sp³-hybridized carbons (Fsp3) is 0.462. The lowest BCUT2D eigenvalue weighted by atomic mass is 10.1. The highest BCUT2D eigenvalue weighted by atomic mass is 16.2. The first kappa shape index (κ1) is 14.9. The Morgan fingerprint density at radius 1 is 1.00 bits per heavy atom. The summed E-state index contributed by atoms with van der Waals surface area (Å²) in [5.74, 6) is -1.20. The molecule has 8 heteroatoms. The van der Waals surface area contributed by atoms with Crippen molar-refractivity contribution in [1.29, 1.82) is 0 Å². The fourth-order valence-electron chi connectivity index (χ4n) is 1.92. The third-order valence-corrected chi connectivity index (χ3v) is 3.02. The zero-order chi connectivity index (χ0) is 15.9. The van der Waals surface area contributed by atoms with E-state index in [1.165, 1.54) is 4.57 Å². The van der Waals surface area contributed by atoms with Gasteiger partial charge in [0.25, 0.3) is 0 Å². The normalized spacial score (nSPS) is 11.5. The highest BCUT2D eigenvalue weighted by Gasteiger charge is 2.27. The molecule has 2 heterocycles. The third kappa shape index (κ3) is 2.44. The minimum atomic E-state index is -0.335. The molecular formula is C13H18N6O2. The molecule has 0 saturated carbocycles. The largest absolute Gasteiger partial charge is 0.382 e. The quantitative estimate of drug-likeness (QED) is 0.810. The highest BCUT2D eigenvalue weighted by molar-refractivity contribution is 6.05. The summed E-state index contributed by atoms with van der Waals surface area (Å²) in [4.78, 5) is 36.7. The lowest BCUT2D eigenvalue weighted by molar-refractivity contribution is 0.0828. The van der Waals surface area contributed by atoms with Crippen LogP contribution in [-0.4, -0.2) is 31.2 Å². The van der Waals surface area contributed by atoms with E-state index in [-0.39, 0.29) is 52.3 Å². The van der Waals surface area contributed by atoms with E-state index in [2.05, 4.69) is 15.0 Å². The van der Waals surface area contributed by atoms with Crippen LogP contribution in [-0.2, 0) is 0 Å². The van der Waals surface area contributed by atoms with Gasteiger partial charge in [-0.3, -0.25) is 14.2 Å². The highest BCUT2D eigenvalue weighted by Crippen LogP contribution is 2.23. The maximum Gasteiger partial charge on any atom is 0.235 e. The molecular weight excluding hydrogens is 272 g/mol. The number of ketones is 1. The van der Waals surface area contributed by atoms with Gasteiger partial charge < -0.3 is 11.5 Å². The monoisotopic (exact) mass is 290 g/mol. The van der Waals surface area contributed by atoms with Gasteiger partial charge in [-0.25, -0.2) is 4.98 Å². The summed E-state index contributed by atoms with van der Waals surface area (Å²) in [6.07, 6.45) is 0. The van der Waals surface area contributed by atoms with E-state index in [0.29, 0.717) is 0 Å². The molecule has 8 nitrogen and oxygen atoms in total. The second-order valence-electron chi connectivity index (χ2n) is 5.42. The summed E-state index contributed by atoms with van der Waals surface area (Å²) in [5.41, 5.74) is 11.7. The van der Waals surface area contributed by atoms with Crippen LogP contribution in [0.15, 0.2) is 0 Å². The fourth-order valence-corrected chi connectivity index (χ4v) is 1.92. The number of hydrogen-bond acceptors (Lipinski definition) is 7. The minimum Gasteiger partial charge on any atom is -0.382 e. The van der Waals surface area contributed by atoms with Gasteiger partial charge in [-0.2, -0.15) is 9.97 Å². The number of anilines is 2. The van der Waals surface area contributed by atoms with Gasteiger partial charge in [0.2, 0.25) is 17.6 Å². The summed E-state index contributed by atoms with van der Waals surface area (Å²) >= 11 is 0. The van der Waals surface area contributed by atoms with Gasteiger partial charge >= 0.3 is 0 Å². The van der Waals surface area contributed by atoms with Gasteiger partial charge in [0, 0.05) is 11.8 Å². The van der Waals surface area contributed by atoms with Crippen molar-refractivity contribution in [3.8, 4) is 0 Å². The van der Waals surface area contributed by atoms with Crippen LogP contribution >= 0.6 is 0 Å². The summed E-state index contributed by atoms with van der Waals surface area (Å²) in [5, 5.41) is 0. The van der Waals surface area contributed by atoms with Crippen molar-refractivity contribution >= 4 is 34.6 Å². The molecule has 0 aliphatic heterocycles. The number of carbonyl (C=O) groups excluding carboxylic acids is 2. The summed E-state index contributed by atoms with van der Waals surface area (Å²) in [6.45, 7) is 6.92. The van der Waals surface area contributed by atoms with Crippen molar-refractivity contribution in [3.05, 3.63) is 5.82 Å². The van der Waals surface area contributed by atoms with Crippen LogP contribution in [0.2, 0.25) is 0 Å². The standard InChI is InChI=1S/C13H18N6O2/c1-5(2)8(20)11-17-10-7(9(14)16-13(15)18-10)19(11)12(21)6(3)4/h5-6H,1-4H3,(H4,14,15,16,18). The second-order valence-corrected chi connectivity index (χ2v) is 5.42. The van der Waals surface area contributed by atoms with E-state index in [4.69, 9.17) is 11.5 Å². The summed E-state index contributed by atoms with van der Waals surface area (Å²) in [7, 11) is 0. The number of hydrogen-bond donors (Lipinski definition) is 2. The topological polar surface area (TPSA) is 130 Å². The van der Waals surface area contributed by atoms with Crippen LogP contribution in [0.3, 0.4) is 0 Å². The Bertz CT molecular complexity index is 732. The Morgan fingerprint density at radius 3 is 2.14 bits per heavy atom. The van der Waals surface area contributed by atoms with Crippen molar-refractivity contribution in [2.24, 2.45) is 11.8 Å². The average Bonchev–Trinajstić information content (AvgIpc) is 2.75. The van der Waals surface area contributed by atoms with Crippen LogP contribution in [0.25, 0.3) is 11.2 Å². The SMILES string of the molecule is CC(C)C(=O)c1nc2nc(N)nc(N)c2n1C(=O)C(C)C. The molecule has 0 bridgehead atoms. The van der Waals surface area contributed by atoms with Gasteiger partial charge in [-0.15, -0.1) is 0 Å². The molecule has 0 aliphatic carbocycles. The Morgan fingerprint density at radius 2 is 1.62 bits per heavy atom. The maximum atomic E-state index is 12.4. The number of nitrogens with zero attached hydrogens (tertiary/aromatic N) is 4. The maximum absolute atomic E-state index is 12.4. The van der Waals surface area contributed by atoms with Crippen molar-refractivity contribution in [2.75, 3.05) is 11.5 Å². The summed E-state index contributed by atoms with van der Waals surface area (Å²) < 4.78 is 1.21. The van der Waals surface area contributed by atoms with E-state index in [1.54, 1.807) is 27.7 Å². The summed E-state index contributed by atoms with van der Waals surface area (Å²) in [6, 6.07) is 0. The molecule has 21 heavy (non-hydrogen) atoms. The lowest BCUT2D eigenvalue weighted by Crippen LogP contribution is -2.24. The van der Waals surface area contributed by atoms with Gasteiger partial charge in [0.1, 0.15) is 5.52 Å². The molecule has 2 aromatic rings. The van der Waals surface area contributed by atoms with Crippen molar-refractivity contribution in [3.63, 3.8) is 0 Å². The van der Waals surface area contributed by atoms with Crippen LogP contribution < -0.4 is 11.5 Å². The molecule has 2 aromatic heterocycles. The predicted octanol–water partition coefficient (Wildman–Crippen LogP) is 1.13. The molecule has 0 unspecified atom stereocenters. The third-order valence-electron chi connectivity index (χ3n) is 3.02. The molecule has 112 valence electrons. The molecule has 0 aliphatic rings. The number of carbonyl (C=O) groups is 2. The molecule has 0 amide bonds. The first-order valence-corrected chi connectivity index (χ1v) is 6.63. The van der Waals surface area contributed by atoms with E-state index >= 15 is 0 Å². The van der Waals surface area contributed by atoms with Crippen LogP contribution in [0.4, 0.5) is 11.8 Å². The van der Waals surface area contributed by atoms with Crippen molar-refractivity contribution in [2.45, 2.75) is 27.7 Å². The number of rotatable bonds is 3. The van der Waals surface area contributed by atoms with Gasteiger partial charge in [-0.1, -0.05) is 27.7 Å². The second kappa shape index (κ2) is 5.12. The van der Waals surface area contributed by atoms with Gasteiger partial charge in [0.05, 0.1) is 0 Å². The zero-order valence-electron chi connectivity index (χ0n) is 12.4. The molecule has 0 spiro atoms. The molecule has 0 radical (unpaired) electrons. The van der Waals surface area contributed by atoms with E-state index < -0.39 is 0 Å². The minimum absolute atomic E-state index is 0.0188. The number of nitrogen functional groups attached to an aromatic ring is 2. The number of nitrogens with two attached hydrogens (primary N) is 2. The van der Waals surface area contributed by atoms with E-state index in [1.807, 2.05) is 0 Å². The number of Topliss-reactive ketones (excluding diaryl/α,β-unsaturated/α-hetero) is 1. The molecule has 4 N–H and O–H groups in total. The van der Waals surface area contributed by atoms with E-state index in [9.17, 15) is 9.59 Å². The van der Waals surface area contributed by atoms with Crippen LogP contribution in [0, 0.1) is 11.8 Å². The number of aromatic nitrogens is 4. The molecule has 0 aromatic carbocycles. The molecule has 0 saturated heterocycles. The Kier molecular flexibility index (Phi) is 3.63. The average molecular weight is 290 g/mol.